The molecular formula is C9H8Br2ClNO. The topological polar surface area (TPSA) is 29.1 Å². The zero-order chi connectivity index (χ0) is 10.6. The van der Waals surface area contributed by atoms with Crippen molar-refractivity contribution < 1.29 is 4.79 Å². The maximum absolute atomic E-state index is 11.5. The zero-order valence-corrected chi connectivity index (χ0v) is 11.1. The van der Waals surface area contributed by atoms with E-state index in [1.54, 1.807) is 18.2 Å². The lowest BCUT2D eigenvalue weighted by Crippen LogP contribution is -2.25. The van der Waals surface area contributed by atoms with E-state index in [0.717, 1.165) is 9.80 Å². The Hall–Kier alpha value is -0.0600. The number of carbonyl (C=O) groups excluding carboxylic acids is 1. The first-order valence-corrected chi connectivity index (χ1v) is 6.23. The van der Waals surface area contributed by atoms with Gasteiger partial charge in [-0.3, -0.25) is 4.79 Å². The molecule has 1 N–H and O–H groups in total. The number of benzene rings is 1. The monoisotopic (exact) mass is 339 g/mol. The second-order valence-electron chi connectivity index (χ2n) is 2.57. The lowest BCUT2D eigenvalue weighted by Gasteiger charge is -2.03. The maximum atomic E-state index is 11.5. The van der Waals surface area contributed by atoms with Crippen molar-refractivity contribution in [1.29, 1.82) is 0 Å². The van der Waals surface area contributed by atoms with Gasteiger partial charge in [0, 0.05) is 21.9 Å². The fourth-order valence-electron chi connectivity index (χ4n) is 0.900. The van der Waals surface area contributed by atoms with Gasteiger partial charge in [0.2, 0.25) is 0 Å². The third kappa shape index (κ3) is 3.26. The van der Waals surface area contributed by atoms with Crippen molar-refractivity contribution in [2.24, 2.45) is 0 Å². The van der Waals surface area contributed by atoms with Crippen molar-refractivity contribution in [2.75, 3.05) is 11.9 Å². The predicted molar refractivity (Wildman–Crippen MR) is 65.3 cm³/mol. The van der Waals surface area contributed by atoms with E-state index < -0.39 is 0 Å². The summed E-state index contributed by atoms with van der Waals surface area (Å²) in [4.78, 5) is 11.5. The van der Waals surface area contributed by atoms with Gasteiger partial charge in [0.15, 0.2) is 0 Å². The Balaban J connectivity index is 2.76. The minimum Gasteiger partial charge on any atom is -0.351 e. The Bertz CT molecular complexity index is 344. The first-order chi connectivity index (χ1) is 6.65. The van der Waals surface area contributed by atoms with Crippen LogP contribution in [0.25, 0.3) is 0 Å². The lowest BCUT2D eigenvalue weighted by atomic mass is 10.2. The van der Waals surface area contributed by atoms with Crippen LogP contribution in [0, 0.1) is 0 Å². The summed E-state index contributed by atoms with van der Waals surface area (Å²) < 4.78 is 0.727. The van der Waals surface area contributed by atoms with E-state index >= 15 is 0 Å². The second kappa shape index (κ2) is 5.73. The highest BCUT2D eigenvalue weighted by Crippen LogP contribution is 2.23. The predicted octanol–water partition coefficient (Wildman–Crippen LogP) is 3.23. The number of amides is 1. The molecule has 1 aromatic carbocycles. The summed E-state index contributed by atoms with van der Waals surface area (Å²) in [5.41, 5.74) is 0.599. The van der Waals surface area contributed by atoms with Crippen molar-refractivity contribution in [3.05, 3.63) is 33.3 Å². The fourth-order valence-corrected chi connectivity index (χ4v) is 1.59. The molecule has 0 fully saturated rings. The number of hydrogen-bond donors (Lipinski definition) is 1. The fraction of sp³-hybridized carbons (Fsp3) is 0.222. The highest BCUT2D eigenvalue weighted by atomic mass is 79.9. The van der Waals surface area contributed by atoms with Gasteiger partial charge < -0.3 is 5.32 Å². The van der Waals surface area contributed by atoms with Crippen molar-refractivity contribution in [1.82, 2.24) is 5.32 Å². The van der Waals surface area contributed by atoms with Crippen molar-refractivity contribution >= 4 is 49.4 Å². The van der Waals surface area contributed by atoms with Gasteiger partial charge in [-0.25, -0.2) is 0 Å². The molecule has 0 heterocycles. The molecule has 0 aliphatic rings. The van der Waals surface area contributed by atoms with Gasteiger partial charge in [-0.05, 0) is 34.1 Å². The van der Waals surface area contributed by atoms with Crippen LogP contribution in [0.5, 0.6) is 0 Å². The van der Waals surface area contributed by atoms with E-state index in [4.69, 9.17) is 11.6 Å². The van der Waals surface area contributed by atoms with Gasteiger partial charge >= 0.3 is 0 Å². The molecule has 0 unspecified atom stereocenters. The largest absolute Gasteiger partial charge is 0.351 e. The molecule has 1 rings (SSSR count). The normalized spacial score (nSPS) is 9.93. The molecule has 1 amide bonds. The molecule has 0 saturated carbocycles. The van der Waals surface area contributed by atoms with Gasteiger partial charge in [0.05, 0.1) is 5.02 Å². The van der Waals surface area contributed by atoms with Crippen LogP contribution in [0.4, 0.5) is 0 Å². The van der Waals surface area contributed by atoms with E-state index in [9.17, 15) is 4.79 Å². The minimum atomic E-state index is -0.0955. The highest BCUT2D eigenvalue weighted by Gasteiger charge is 2.06. The molecule has 14 heavy (non-hydrogen) atoms. The number of halogens is 3. The van der Waals surface area contributed by atoms with Gasteiger partial charge in [-0.15, -0.1) is 0 Å². The Labute approximate surface area is 104 Å². The van der Waals surface area contributed by atoms with E-state index in [1.165, 1.54) is 0 Å². The molecule has 2 nitrogen and oxygen atoms in total. The summed E-state index contributed by atoms with van der Waals surface area (Å²) in [7, 11) is 0. The molecule has 0 radical (unpaired) electrons. The molecule has 0 aliphatic heterocycles. The van der Waals surface area contributed by atoms with Crippen LogP contribution >= 0.6 is 43.5 Å². The standard InChI is InChI=1S/C9H8Br2ClNO/c10-3-4-13-9(14)6-1-2-8(12)7(11)5-6/h1-2,5H,3-4H2,(H,13,14). The van der Waals surface area contributed by atoms with Gasteiger partial charge in [0.1, 0.15) is 0 Å². The molecule has 0 aromatic heterocycles. The van der Waals surface area contributed by atoms with Gasteiger partial charge in [0.25, 0.3) is 5.91 Å². The number of carbonyl (C=O) groups is 1. The average molecular weight is 341 g/mol. The summed E-state index contributed by atoms with van der Waals surface area (Å²) in [6.07, 6.45) is 0. The molecule has 0 aliphatic carbocycles. The molecule has 5 heteroatoms. The summed E-state index contributed by atoms with van der Waals surface area (Å²) >= 11 is 12.3. The van der Waals surface area contributed by atoms with Crippen LogP contribution in [0.15, 0.2) is 22.7 Å². The van der Waals surface area contributed by atoms with E-state index in [-0.39, 0.29) is 5.91 Å². The Morgan fingerprint density at radius 2 is 2.21 bits per heavy atom. The third-order valence-corrected chi connectivity index (χ3v) is 3.17. The van der Waals surface area contributed by atoms with Crippen LogP contribution in [0.3, 0.4) is 0 Å². The summed E-state index contributed by atoms with van der Waals surface area (Å²) in [5.74, 6) is -0.0955. The first kappa shape index (κ1) is 12.0. The first-order valence-electron chi connectivity index (χ1n) is 3.94. The van der Waals surface area contributed by atoms with E-state index in [0.29, 0.717) is 17.1 Å². The van der Waals surface area contributed by atoms with Crippen LogP contribution in [-0.4, -0.2) is 17.8 Å². The summed E-state index contributed by atoms with van der Waals surface area (Å²) in [6.45, 7) is 0.610. The van der Waals surface area contributed by atoms with Crippen molar-refractivity contribution in [3.8, 4) is 0 Å². The van der Waals surface area contributed by atoms with Crippen LogP contribution in [-0.2, 0) is 0 Å². The molecule has 0 atom stereocenters. The number of nitrogens with one attached hydrogen (secondary N) is 1. The second-order valence-corrected chi connectivity index (χ2v) is 4.63. The summed E-state index contributed by atoms with van der Waals surface area (Å²) in [5, 5.41) is 4.09. The zero-order valence-electron chi connectivity index (χ0n) is 7.19. The Morgan fingerprint density at radius 1 is 1.50 bits per heavy atom. The number of rotatable bonds is 3. The van der Waals surface area contributed by atoms with Crippen LogP contribution in [0.1, 0.15) is 10.4 Å². The number of hydrogen-bond acceptors (Lipinski definition) is 1. The molecule has 0 bridgehead atoms. The lowest BCUT2D eigenvalue weighted by molar-refractivity contribution is 0.0956. The minimum absolute atomic E-state index is 0.0955. The molecular weight excluding hydrogens is 333 g/mol. The average Bonchev–Trinajstić information content (AvgIpc) is 2.18. The van der Waals surface area contributed by atoms with Gasteiger partial charge in [-0.1, -0.05) is 27.5 Å². The Morgan fingerprint density at radius 3 is 2.79 bits per heavy atom. The van der Waals surface area contributed by atoms with E-state index in [2.05, 4.69) is 37.2 Å². The maximum Gasteiger partial charge on any atom is 0.251 e. The molecule has 1 aromatic rings. The quantitative estimate of drug-likeness (QED) is 0.841. The molecule has 0 saturated heterocycles. The van der Waals surface area contributed by atoms with Crippen LogP contribution < -0.4 is 5.32 Å². The smallest absolute Gasteiger partial charge is 0.251 e. The SMILES string of the molecule is O=C(NCCBr)c1ccc(Cl)c(Br)c1. The third-order valence-electron chi connectivity index (χ3n) is 1.56. The molecule has 0 spiro atoms. The number of alkyl halides is 1. The highest BCUT2D eigenvalue weighted by molar-refractivity contribution is 9.10. The Kier molecular flexibility index (Phi) is 4.92. The van der Waals surface area contributed by atoms with Crippen molar-refractivity contribution in [3.63, 3.8) is 0 Å². The summed E-state index contributed by atoms with van der Waals surface area (Å²) in [6, 6.07) is 5.08. The van der Waals surface area contributed by atoms with E-state index in [1.807, 2.05) is 0 Å². The van der Waals surface area contributed by atoms with Crippen LogP contribution in [0.2, 0.25) is 5.02 Å². The van der Waals surface area contributed by atoms with Crippen molar-refractivity contribution in [2.45, 2.75) is 0 Å². The molecule has 76 valence electrons. The van der Waals surface area contributed by atoms with Gasteiger partial charge in [-0.2, -0.15) is 0 Å².